The van der Waals surface area contributed by atoms with Crippen molar-refractivity contribution in [3.05, 3.63) is 53.6 Å². The Morgan fingerprint density at radius 3 is 2.64 bits per heavy atom. The molecule has 4 N–H and O–H groups in total. The molecule has 1 heterocycles. The number of anilines is 2. The molecule has 2 aromatic carbocycles. The molecule has 1 aliphatic heterocycles. The predicted molar refractivity (Wildman–Crippen MR) is 130 cm³/mol. The summed E-state index contributed by atoms with van der Waals surface area (Å²) in [4.78, 5) is 0. The second-order valence-electron chi connectivity index (χ2n) is 8.15. The molecule has 0 saturated carbocycles. The topological polar surface area (TPSA) is 134 Å². The lowest BCUT2D eigenvalue weighted by Gasteiger charge is -2.22. The first-order valence-corrected chi connectivity index (χ1v) is 14.4. The van der Waals surface area contributed by atoms with Crippen LogP contribution >= 0.6 is 0 Å². The molecule has 9 nitrogen and oxygen atoms in total. The summed E-state index contributed by atoms with van der Waals surface area (Å²) in [6.07, 6.45) is 3.60. The van der Waals surface area contributed by atoms with Crippen LogP contribution in [0.5, 0.6) is 5.75 Å². The minimum atomic E-state index is -3.28. The SMILES string of the molecule is CS(=O)(=O)Nc1ccc(CCCCNCC(O)COc2cccc3c2CCS(=O)(=O)N3)cc1. The van der Waals surface area contributed by atoms with Crippen molar-refractivity contribution in [2.75, 3.05) is 41.1 Å². The van der Waals surface area contributed by atoms with Crippen LogP contribution in [0.2, 0.25) is 0 Å². The van der Waals surface area contributed by atoms with Crippen molar-refractivity contribution in [2.45, 2.75) is 31.8 Å². The van der Waals surface area contributed by atoms with E-state index < -0.39 is 26.2 Å². The molecule has 0 spiro atoms. The van der Waals surface area contributed by atoms with Gasteiger partial charge in [-0.2, -0.15) is 0 Å². The number of hydrogen-bond donors (Lipinski definition) is 4. The molecule has 0 amide bonds. The zero-order valence-electron chi connectivity index (χ0n) is 18.6. The predicted octanol–water partition coefficient (Wildman–Crippen LogP) is 1.71. The summed E-state index contributed by atoms with van der Waals surface area (Å²) in [7, 11) is -6.55. The van der Waals surface area contributed by atoms with Crippen LogP contribution in [-0.4, -0.2) is 59.8 Å². The van der Waals surface area contributed by atoms with E-state index in [1.54, 1.807) is 30.3 Å². The van der Waals surface area contributed by atoms with Crippen LogP contribution in [0.3, 0.4) is 0 Å². The molecule has 0 bridgehead atoms. The van der Waals surface area contributed by atoms with Gasteiger partial charge in [-0.05, 0) is 62.1 Å². The standard InChI is InChI=1S/C22H31N3O6S2/c1-32(27,28)24-18-10-8-17(9-11-18)5-2-3-13-23-15-19(26)16-31-22-7-4-6-21-20(22)12-14-33(29,30)25-21/h4,6-11,19,23-26H,2-3,5,12-16H2,1H3. The molecule has 11 heteroatoms. The van der Waals surface area contributed by atoms with Crippen molar-refractivity contribution < 1.29 is 26.7 Å². The van der Waals surface area contributed by atoms with Crippen molar-refractivity contribution in [3.63, 3.8) is 0 Å². The maximum absolute atomic E-state index is 11.7. The molecule has 0 fully saturated rings. The number of rotatable bonds is 12. The third-order valence-electron chi connectivity index (χ3n) is 5.16. The normalized spacial score (nSPS) is 15.8. The molecule has 0 radical (unpaired) electrons. The lowest BCUT2D eigenvalue weighted by Crippen LogP contribution is -2.32. The van der Waals surface area contributed by atoms with E-state index in [9.17, 15) is 21.9 Å². The quantitative estimate of drug-likeness (QED) is 0.328. The number of aliphatic hydroxyl groups is 1. The Balaban J connectivity index is 1.31. The fourth-order valence-corrected chi connectivity index (χ4v) is 5.22. The van der Waals surface area contributed by atoms with Gasteiger partial charge in [0.05, 0.1) is 17.7 Å². The highest BCUT2D eigenvalue weighted by Gasteiger charge is 2.23. The van der Waals surface area contributed by atoms with Crippen molar-refractivity contribution in [1.82, 2.24) is 5.32 Å². The lowest BCUT2D eigenvalue weighted by atomic mass is 10.1. The molecule has 0 saturated heterocycles. The van der Waals surface area contributed by atoms with Crippen LogP contribution in [-0.2, 0) is 32.9 Å². The van der Waals surface area contributed by atoms with Crippen LogP contribution in [0.15, 0.2) is 42.5 Å². The molecule has 1 unspecified atom stereocenters. The van der Waals surface area contributed by atoms with E-state index in [1.165, 1.54) is 0 Å². The summed E-state index contributed by atoms with van der Waals surface area (Å²) in [5.41, 5.74) is 3.03. The molecule has 1 aliphatic rings. The Bertz CT molecular complexity index is 1140. The minimum absolute atomic E-state index is 0.0200. The second kappa shape index (κ2) is 11.2. The van der Waals surface area contributed by atoms with Gasteiger partial charge in [-0.3, -0.25) is 9.44 Å². The maximum Gasteiger partial charge on any atom is 0.233 e. The highest BCUT2D eigenvalue weighted by molar-refractivity contribution is 7.92. The van der Waals surface area contributed by atoms with Gasteiger partial charge in [0.15, 0.2) is 0 Å². The number of sulfonamides is 2. The average Bonchev–Trinajstić information content (AvgIpc) is 2.73. The molecule has 2 aromatic rings. The number of ether oxygens (including phenoxy) is 1. The van der Waals surface area contributed by atoms with Gasteiger partial charge in [0.1, 0.15) is 18.5 Å². The van der Waals surface area contributed by atoms with Gasteiger partial charge in [0.25, 0.3) is 0 Å². The van der Waals surface area contributed by atoms with Gasteiger partial charge in [0, 0.05) is 17.8 Å². The third kappa shape index (κ3) is 8.50. The Labute approximate surface area is 195 Å². The summed E-state index contributed by atoms with van der Waals surface area (Å²) in [6, 6.07) is 12.5. The molecule has 0 aromatic heterocycles. The van der Waals surface area contributed by atoms with Crippen molar-refractivity contribution >= 4 is 31.4 Å². The van der Waals surface area contributed by atoms with Crippen LogP contribution < -0.4 is 19.5 Å². The van der Waals surface area contributed by atoms with Crippen molar-refractivity contribution in [2.24, 2.45) is 0 Å². The van der Waals surface area contributed by atoms with Gasteiger partial charge >= 0.3 is 0 Å². The van der Waals surface area contributed by atoms with E-state index in [1.807, 2.05) is 12.1 Å². The Kier molecular flexibility index (Phi) is 8.57. The van der Waals surface area contributed by atoms with Gasteiger partial charge in [-0.1, -0.05) is 18.2 Å². The van der Waals surface area contributed by atoms with Crippen molar-refractivity contribution in [3.8, 4) is 5.75 Å². The van der Waals surface area contributed by atoms with Gasteiger partial charge in [-0.15, -0.1) is 0 Å². The fourth-order valence-electron chi connectivity index (χ4n) is 3.56. The number of aryl methyl sites for hydroxylation is 1. The van der Waals surface area contributed by atoms with Gasteiger partial charge in [-0.25, -0.2) is 16.8 Å². The summed E-state index contributed by atoms with van der Waals surface area (Å²) in [5.74, 6) is 0.610. The first kappa shape index (κ1) is 25.3. The summed E-state index contributed by atoms with van der Waals surface area (Å²) in [5, 5.41) is 13.4. The molecular formula is C22H31N3O6S2. The van der Waals surface area contributed by atoms with E-state index in [0.717, 1.165) is 43.2 Å². The van der Waals surface area contributed by atoms with Crippen LogP contribution in [0.25, 0.3) is 0 Å². The molecule has 182 valence electrons. The van der Waals surface area contributed by atoms with E-state index >= 15 is 0 Å². The summed E-state index contributed by atoms with van der Waals surface area (Å²) < 4.78 is 56.6. The number of nitrogens with one attached hydrogen (secondary N) is 3. The first-order valence-electron chi connectivity index (χ1n) is 10.8. The number of aliphatic hydroxyl groups excluding tert-OH is 1. The number of unbranched alkanes of at least 4 members (excludes halogenated alkanes) is 1. The smallest absolute Gasteiger partial charge is 0.233 e. The largest absolute Gasteiger partial charge is 0.490 e. The van der Waals surface area contributed by atoms with Crippen molar-refractivity contribution in [1.29, 1.82) is 0 Å². The summed E-state index contributed by atoms with van der Waals surface area (Å²) >= 11 is 0. The Morgan fingerprint density at radius 2 is 1.91 bits per heavy atom. The molecule has 1 atom stereocenters. The average molecular weight is 498 g/mol. The van der Waals surface area contributed by atoms with Crippen LogP contribution in [0, 0.1) is 0 Å². The molecular weight excluding hydrogens is 466 g/mol. The fraction of sp³-hybridized carbons (Fsp3) is 0.455. The highest BCUT2D eigenvalue weighted by atomic mass is 32.2. The number of benzene rings is 2. The minimum Gasteiger partial charge on any atom is -0.490 e. The Hall–Kier alpha value is -2.34. The number of fused-ring (bicyclic) bond motifs is 1. The molecule has 3 rings (SSSR count). The van der Waals surface area contributed by atoms with Crippen LogP contribution in [0.1, 0.15) is 24.0 Å². The molecule has 0 aliphatic carbocycles. The third-order valence-corrected chi connectivity index (χ3v) is 7.04. The molecule has 33 heavy (non-hydrogen) atoms. The van der Waals surface area contributed by atoms with E-state index in [-0.39, 0.29) is 12.4 Å². The first-order chi connectivity index (χ1) is 15.6. The van der Waals surface area contributed by atoms with Gasteiger partial charge in [0.2, 0.25) is 20.0 Å². The van der Waals surface area contributed by atoms with E-state index in [0.29, 0.717) is 30.1 Å². The lowest BCUT2D eigenvalue weighted by molar-refractivity contribution is 0.106. The number of hydrogen-bond acceptors (Lipinski definition) is 7. The monoisotopic (exact) mass is 497 g/mol. The highest BCUT2D eigenvalue weighted by Crippen LogP contribution is 2.31. The zero-order valence-corrected chi connectivity index (χ0v) is 20.2. The Morgan fingerprint density at radius 1 is 1.15 bits per heavy atom. The second-order valence-corrected chi connectivity index (χ2v) is 11.7. The summed E-state index contributed by atoms with van der Waals surface area (Å²) in [6.45, 7) is 1.27. The van der Waals surface area contributed by atoms with E-state index in [2.05, 4.69) is 14.8 Å². The maximum atomic E-state index is 11.7. The zero-order chi connectivity index (χ0) is 23.9. The van der Waals surface area contributed by atoms with Gasteiger partial charge < -0.3 is 15.2 Å². The van der Waals surface area contributed by atoms with Crippen LogP contribution in [0.4, 0.5) is 11.4 Å². The van der Waals surface area contributed by atoms with E-state index in [4.69, 9.17) is 4.74 Å².